The highest BCUT2D eigenvalue weighted by molar-refractivity contribution is 5.82. The maximum absolute atomic E-state index is 11.0. The Kier molecular flexibility index (Phi) is 8.12. The van der Waals surface area contributed by atoms with Crippen LogP contribution < -0.4 is 16.4 Å². The minimum absolute atomic E-state index is 0.0926. The van der Waals surface area contributed by atoms with Crippen molar-refractivity contribution in [1.82, 2.24) is 10.6 Å². The van der Waals surface area contributed by atoms with Crippen LogP contribution in [0.5, 0.6) is 0 Å². The molecule has 0 bridgehead atoms. The van der Waals surface area contributed by atoms with Gasteiger partial charge in [-0.2, -0.15) is 0 Å². The zero-order chi connectivity index (χ0) is 16.6. The Hall–Kier alpha value is -2.04. The molecule has 120 valence electrons. The van der Waals surface area contributed by atoms with Gasteiger partial charge in [0.2, 0.25) is 0 Å². The molecule has 0 amide bonds. The van der Waals surface area contributed by atoms with Crippen LogP contribution in [0.1, 0.15) is 13.3 Å². The number of carboxylic acids is 3. The van der Waals surface area contributed by atoms with Crippen molar-refractivity contribution in [3.05, 3.63) is 0 Å². The van der Waals surface area contributed by atoms with E-state index in [-0.39, 0.29) is 18.9 Å². The van der Waals surface area contributed by atoms with E-state index in [4.69, 9.17) is 21.1 Å². The minimum Gasteiger partial charge on any atom is -0.481 e. The van der Waals surface area contributed by atoms with E-state index in [9.17, 15) is 19.2 Å². The van der Waals surface area contributed by atoms with Gasteiger partial charge in [0, 0.05) is 13.1 Å². The van der Waals surface area contributed by atoms with Gasteiger partial charge in [-0.1, -0.05) is 0 Å². The number of carbonyl (C=O) groups is 4. The van der Waals surface area contributed by atoms with Crippen molar-refractivity contribution in [3.63, 3.8) is 0 Å². The van der Waals surface area contributed by atoms with Gasteiger partial charge >= 0.3 is 17.9 Å². The Morgan fingerprint density at radius 2 is 1.43 bits per heavy atom. The molecule has 0 aliphatic carbocycles. The number of hydrogen-bond acceptors (Lipinski definition) is 7. The first kappa shape index (κ1) is 19.0. The van der Waals surface area contributed by atoms with Crippen LogP contribution >= 0.6 is 0 Å². The molecule has 0 unspecified atom stereocenters. The molecular weight excluding hydrogens is 286 g/mol. The largest absolute Gasteiger partial charge is 0.481 e. The Labute approximate surface area is 120 Å². The van der Waals surface area contributed by atoms with Gasteiger partial charge in [0.1, 0.15) is 17.9 Å². The number of aliphatic carboxylic acids is 3. The van der Waals surface area contributed by atoms with Gasteiger partial charge in [-0.15, -0.1) is 0 Å². The topological polar surface area (TPSA) is 179 Å². The Balaban J connectivity index is 4.49. The minimum atomic E-state index is -1.41. The molecule has 10 heteroatoms. The van der Waals surface area contributed by atoms with Crippen LogP contribution in [0.4, 0.5) is 0 Å². The summed E-state index contributed by atoms with van der Waals surface area (Å²) in [5, 5.41) is 31.2. The summed E-state index contributed by atoms with van der Waals surface area (Å²) in [4.78, 5) is 43.2. The van der Waals surface area contributed by atoms with Crippen molar-refractivity contribution in [2.75, 3.05) is 13.1 Å². The molecule has 0 fully saturated rings. The summed E-state index contributed by atoms with van der Waals surface area (Å²) in [7, 11) is 0. The van der Waals surface area contributed by atoms with Crippen LogP contribution in [0.25, 0.3) is 0 Å². The highest BCUT2D eigenvalue weighted by Gasteiger charge is 2.24. The molecule has 7 N–H and O–H groups in total. The third-order valence-corrected chi connectivity index (χ3v) is 2.65. The number of nitrogens with two attached hydrogens (primary N) is 1. The molecule has 0 saturated heterocycles. The van der Waals surface area contributed by atoms with E-state index < -0.39 is 42.5 Å². The molecule has 0 aliphatic heterocycles. The fourth-order valence-electron chi connectivity index (χ4n) is 1.34. The van der Waals surface area contributed by atoms with E-state index in [2.05, 4.69) is 10.6 Å². The van der Waals surface area contributed by atoms with Crippen molar-refractivity contribution >= 4 is 23.7 Å². The molecule has 0 rings (SSSR count). The lowest BCUT2D eigenvalue weighted by atomic mass is 10.1. The summed E-state index contributed by atoms with van der Waals surface area (Å²) in [5.74, 6) is -4.33. The molecule has 3 atom stereocenters. The number of ketones is 1. The lowest BCUT2D eigenvalue weighted by molar-refractivity contribution is -0.146. The monoisotopic (exact) mass is 305 g/mol. The maximum atomic E-state index is 11.0. The second-order valence-electron chi connectivity index (χ2n) is 4.41. The van der Waals surface area contributed by atoms with Crippen molar-refractivity contribution in [2.24, 2.45) is 5.73 Å². The predicted octanol–water partition coefficient (Wildman–Crippen LogP) is -2.54. The third kappa shape index (κ3) is 7.97. The predicted molar refractivity (Wildman–Crippen MR) is 69.8 cm³/mol. The number of carboxylic acid groups (broad SMARTS) is 3. The van der Waals surface area contributed by atoms with E-state index in [0.29, 0.717) is 0 Å². The molecule has 0 spiro atoms. The molecule has 0 aromatic rings. The van der Waals surface area contributed by atoms with E-state index >= 15 is 0 Å². The molecule has 0 aliphatic rings. The number of rotatable bonds is 11. The zero-order valence-corrected chi connectivity index (χ0v) is 11.4. The highest BCUT2D eigenvalue weighted by atomic mass is 16.4. The Morgan fingerprint density at radius 1 is 0.952 bits per heavy atom. The van der Waals surface area contributed by atoms with Crippen LogP contribution in [0.15, 0.2) is 0 Å². The Morgan fingerprint density at radius 3 is 1.81 bits per heavy atom. The summed E-state index contributed by atoms with van der Waals surface area (Å²) in [6, 6.07) is -3.49. The first-order chi connectivity index (χ1) is 9.65. The summed E-state index contributed by atoms with van der Waals surface area (Å²) >= 11 is 0. The van der Waals surface area contributed by atoms with Gasteiger partial charge in [-0.3, -0.25) is 19.2 Å². The zero-order valence-electron chi connectivity index (χ0n) is 11.4. The summed E-state index contributed by atoms with van der Waals surface area (Å²) in [6.45, 7) is 0.836. The van der Waals surface area contributed by atoms with Gasteiger partial charge in [-0.05, 0) is 6.92 Å². The van der Waals surface area contributed by atoms with Crippen molar-refractivity contribution in [1.29, 1.82) is 0 Å². The van der Waals surface area contributed by atoms with E-state index in [1.807, 2.05) is 0 Å². The number of carbonyl (C=O) groups excluding carboxylic acids is 1. The van der Waals surface area contributed by atoms with Gasteiger partial charge in [-0.25, -0.2) is 0 Å². The quantitative estimate of drug-likeness (QED) is 0.238. The van der Waals surface area contributed by atoms with Crippen LogP contribution in [0.3, 0.4) is 0 Å². The van der Waals surface area contributed by atoms with Gasteiger partial charge in [0.25, 0.3) is 0 Å². The van der Waals surface area contributed by atoms with E-state index in [1.165, 1.54) is 6.92 Å². The SMILES string of the molecule is CC(=O)[C@@H](N)CN[C@@H](CN[C@@H](CC(=O)O)C(=O)O)C(=O)O. The van der Waals surface area contributed by atoms with Gasteiger partial charge in [0.15, 0.2) is 0 Å². The lowest BCUT2D eigenvalue weighted by Crippen LogP contribution is -2.52. The number of Topliss-reactive ketones (excluding diaryl/α,β-unsaturated/α-hetero) is 1. The van der Waals surface area contributed by atoms with E-state index in [1.54, 1.807) is 0 Å². The van der Waals surface area contributed by atoms with Crippen molar-refractivity contribution in [2.45, 2.75) is 31.5 Å². The standard InChI is InChI=1S/C11H19N3O7/c1-5(15)6(12)3-13-8(11(20)21)4-14-7(10(18)19)2-9(16)17/h6-8,13-14H,2-4,12H2,1H3,(H,16,17)(H,18,19)(H,20,21)/t6-,7-,8-/m0/s1. The first-order valence-corrected chi connectivity index (χ1v) is 6.05. The fraction of sp³-hybridized carbons (Fsp3) is 0.636. The second kappa shape index (κ2) is 9.00. The second-order valence-corrected chi connectivity index (χ2v) is 4.41. The van der Waals surface area contributed by atoms with Crippen molar-refractivity contribution in [3.8, 4) is 0 Å². The van der Waals surface area contributed by atoms with Gasteiger partial charge < -0.3 is 31.7 Å². The van der Waals surface area contributed by atoms with Crippen LogP contribution in [0.2, 0.25) is 0 Å². The smallest absolute Gasteiger partial charge is 0.322 e. The molecule has 0 radical (unpaired) electrons. The number of hydrogen-bond donors (Lipinski definition) is 6. The summed E-state index contributed by atoms with van der Waals surface area (Å²) in [6.07, 6.45) is -0.686. The summed E-state index contributed by atoms with van der Waals surface area (Å²) in [5.41, 5.74) is 5.44. The molecule has 21 heavy (non-hydrogen) atoms. The Bertz CT molecular complexity index is 413. The number of nitrogens with one attached hydrogen (secondary N) is 2. The van der Waals surface area contributed by atoms with E-state index in [0.717, 1.165) is 0 Å². The molecule has 0 aromatic heterocycles. The summed E-state index contributed by atoms with van der Waals surface area (Å²) < 4.78 is 0. The average molecular weight is 305 g/mol. The molecule has 0 heterocycles. The molecule has 0 aromatic carbocycles. The normalized spacial score (nSPS) is 15.0. The fourth-order valence-corrected chi connectivity index (χ4v) is 1.34. The van der Waals surface area contributed by atoms with Crippen LogP contribution in [-0.2, 0) is 19.2 Å². The lowest BCUT2D eigenvalue weighted by Gasteiger charge is -2.19. The average Bonchev–Trinajstić information content (AvgIpc) is 2.35. The highest BCUT2D eigenvalue weighted by Crippen LogP contribution is 1.94. The third-order valence-electron chi connectivity index (χ3n) is 2.65. The van der Waals surface area contributed by atoms with Crippen LogP contribution in [0, 0.1) is 0 Å². The van der Waals surface area contributed by atoms with Crippen molar-refractivity contribution < 1.29 is 34.5 Å². The first-order valence-electron chi connectivity index (χ1n) is 6.05. The maximum Gasteiger partial charge on any atom is 0.322 e. The van der Waals surface area contributed by atoms with Crippen LogP contribution in [-0.4, -0.2) is 70.2 Å². The molecule has 10 nitrogen and oxygen atoms in total. The molecular formula is C11H19N3O7. The van der Waals surface area contributed by atoms with Gasteiger partial charge in [0.05, 0.1) is 12.5 Å². The molecule has 0 saturated carbocycles.